The summed E-state index contributed by atoms with van der Waals surface area (Å²) in [7, 11) is 1.93. The van der Waals surface area contributed by atoms with Gasteiger partial charge in [-0.1, -0.05) is 72.4 Å². The van der Waals surface area contributed by atoms with Gasteiger partial charge in [0.05, 0.1) is 24.1 Å². The maximum Gasteiger partial charge on any atom is 0.309 e. The Bertz CT molecular complexity index is 1650. The fourth-order valence-corrected chi connectivity index (χ4v) is 8.03. The van der Waals surface area contributed by atoms with Crippen molar-refractivity contribution in [1.29, 1.82) is 0 Å². The number of amides is 3. The number of nitrogen functional groups attached to an aromatic ring is 1. The molecule has 0 bridgehead atoms. The predicted octanol–water partition coefficient (Wildman–Crippen LogP) is 6.55. The lowest BCUT2D eigenvalue weighted by Gasteiger charge is -2.39. The van der Waals surface area contributed by atoms with E-state index in [1.807, 2.05) is 51.8 Å². The van der Waals surface area contributed by atoms with Crippen LogP contribution in [0.5, 0.6) is 0 Å². The fraction of sp³-hybridized carbons (Fsp3) is 0.674. The van der Waals surface area contributed by atoms with Gasteiger partial charge in [-0.25, -0.2) is 10.0 Å². The quantitative estimate of drug-likeness (QED) is 0.0411. The summed E-state index contributed by atoms with van der Waals surface area (Å²) in [4.78, 5) is 79.8. The number of piperidine rings is 1. The lowest BCUT2D eigenvalue weighted by Crippen LogP contribution is -2.58. The fourth-order valence-electron chi connectivity index (χ4n) is 7.19. The van der Waals surface area contributed by atoms with E-state index in [4.69, 9.17) is 15.3 Å². The minimum Gasteiger partial charge on any atom is -0.481 e. The molecule has 1 fully saturated rings. The zero-order valence-corrected chi connectivity index (χ0v) is 36.9. The molecule has 15 heteroatoms. The van der Waals surface area contributed by atoms with E-state index in [2.05, 4.69) is 22.5 Å². The zero-order valence-electron chi connectivity index (χ0n) is 36.0. The van der Waals surface area contributed by atoms with Gasteiger partial charge in [-0.05, 0) is 89.1 Å². The Hall–Kier alpha value is -4.08. The molecule has 1 aliphatic heterocycles. The standard InChI is InChI=1S/C43H68N6O8S/c1-10-12-15-22-56-49(41(53)37(28(5)11-2)47-39(52)34-16-13-14-21-48(34)9)35(27(3)4)24-36(57-29(6)50)40-46-33(26-58-40)38(51)45-32(25-43(7,8)42(54)55)23-30-17-19-31(44)20-18-30/h17-20,26-28,32,34-37H,10-16,21-25,44H2,1-9H3,(H,45,51)(H,47,52)(H,54,55)/t28-,32-,34+,35?,36+,37-/m0/s1. The molecule has 1 aromatic carbocycles. The Morgan fingerprint density at radius 1 is 1.07 bits per heavy atom. The number of carboxylic acids is 1. The molecule has 58 heavy (non-hydrogen) atoms. The number of aliphatic carboxylic acids is 1. The summed E-state index contributed by atoms with van der Waals surface area (Å²) in [6, 6.07) is 4.85. The number of aromatic nitrogens is 1. The van der Waals surface area contributed by atoms with Gasteiger partial charge in [-0.3, -0.25) is 33.7 Å². The van der Waals surface area contributed by atoms with Crippen molar-refractivity contribution in [2.75, 3.05) is 25.9 Å². The lowest BCUT2D eigenvalue weighted by molar-refractivity contribution is -0.213. The molecule has 1 saturated heterocycles. The van der Waals surface area contributed by atoms with Crippen LogP contribution in [0.3, 0.4) is 0 Å². The Balaban J connectivity index is 1.94. The van der Waals surface area contributed by atoms with E-state index in [0.29, 0.717) is 23.5 Å². The molecule has 5 N–H and O–H groups in total. The zero-order chi connectivity index (χ0) is 43.2. The molecule has 2 heterocycles. The molecule has 0 radical (unpaired) electrons. The topological polar surface area (TPSA) is 193 Å². The van der Waals surface area contributed by atoms with Crippen LogP contribution in [0.25, 0.3) is 0 Å². The van der Waals surface area contributed by atoms with Crippen molar-refractivity contribution in [3.8, 4) is 0 Å². The van der Waals surface area contributed by atoms with Gasteiger partial charge in [-0.2, -0.15) is 0 Å². The number of carbonyl (C=O) groups is 5. The first-order valence-electron chi connectivity index (χ1n) is 20.9. The number of nitrogens with two attached hydrogens (primary N) is 1. The van der Waals surface area contributed by atoms with Gasteiger partial charge in [0.1, 0.15) is 16.7 Å². The molecule has 1 unspecified atom stereocenters. The van der Waals surface area contributed by atoms with Crippen LogP contribution in [-0.4, -0.2) is 94.1 Å². The van der Waals surface area contributed by atoms with Gasteiger partial charge in [0.25, 0.3) is 11.8 Å². The summed E-state index contributed by atoms with van der Waals surface area (Å²) >= 11 is 1.15. The van der Waals surface area contributed by atoms with Crippen molar-refractivity contribution in [3.63, 3.8) is 0 Å². The van der Waals surface area contributed by atoms with Crippen LogP contribution in [0, 0.1) is 17.3 Å². The maximum atomic E-state index is 14.7. The van der Waals surface area contributed by atoms with Crippen molar-refractivity contribution in [1.82, 2.24) is 25.6 Å². The molecule has 0 aliphatic carbocycles. The maximum absolute atomic E-state index is 14.7. The number of thiazole rings is 1. The number of benzene rings is 1. The summed E-state index contributed by atoms with van der Waals surface area (Å²) in [6.45, 7) is 15.5. The van der Waals surface area contributed by atoms with Crippen molar-refractivity contribution < 1.29 is 38.7 Å². The molecule has 14 nitrogen and oxygen atoms in total. The van der Waals surface area contributed by atoms with Crippen LogP contribution < -0.4 is 16.4 Å². The Kier molecular flexibility index (Phi) is 19.1. The highest BCUT2D eigenvalue weighted by molar-refractivity contribution is 7.09. The molecule has 3 rings (SSSR count). The number of hydroxylamine groups is 2. The van der Waals surface area contributed by atoms with Crippen LogP contribution >= 0.6 is 11.3 Å². The third kappa shape index (κ3) is 14.3. The summed E-state index contributed by atoms with van der Waals surface area (Å²) in [5.41, 5.74) is 6.30. The second kappa shape index (κ2) is 22.9. The molecule has 1 aliphatic rings. The molecule has 6 atom stereocenters. The van der Waals surface area contributed by atoms with E-state index >= 15 is 0 Å². The molecular weight excluding hydrogens is 761 g/mol. The number of anilines is 1. The number of nitrogens with one attached hydrogen (secondary N) is 2. The third-order valence-corrected chi connectivity index (χ3v) is 12.0. The number of rotatable bonds is 23. The summed E-state index contributed by atoms with van der Waals surface area (Å²) in [6.07, 6.45) is 5.61. The van der Waals surface area contributed by atoms with Crippen LogP contribution in [-0.2, 0) is 35.2 Å². The Morgan fingerprint density at radius 2 is 1.76 bits per heavy atom. The van der Waals surface area contributed by atoms with Gasteiger partial charge in [0, 0.05) is 30.5 Å². The number of likely N-dealkylation sites (N-methyl/N-ethyl adjacent to an activating group) is 1. The summed E-state index contributed by atoms with van der Waals surface area (Å²) in [5.74, 6) is -2.97. The number of carboxylic acid groups (broad SMARTS) is 1. The lowest BCUT2D eigenvalue weighted by atomic mass is 9.84. The van der Waals surface area contributed by atoms with Gasteiger partial charge in [-0.15, -0.1) is 11.3 Å². The second-order valence-corrected chi connectivity index (χ2v) is 17.7. The molecule has 2 aromatic rings. The average Bonchev–Trinajstić information content (AvgIpc) is 3.67. The third-order valence-electron chi connectivity index (χ3n) is 11.0. The van der Waals surface area contributed by atoms with Gasteiger partial charge >= 0.3 is 11.9 Å². The normalized spacial score (nSPS) is 17.4. The van der Waals surface area contributed by atoms with Crippen LogP contribution in [0.1, 0.15) is 140 Å². The molecule has 324 valence electrons. The minimum atomic E-state index is -1.13. The summed E-state index contributed by atoms with van der Waals surface area (Å²) in [5, 5.41) is 19.3. The first kappa shape index (κ1) is 48.3. The average molecular weight is 829 g/mol. The number of ether oxygens (including phenoxy) is 1. The van der Waals surface area contributed by atoms with Crippen molar-refractivity contribution in [3.05, 3.63) is 45.9 Å². The van der Waals surface area contributed by atoms with Gasteiger partial charge < -0.3 is 26.2 Å². The SMILES string of the molecule is CCCCCON(C(=O)[C@@H](NC(=O)[C@H]1CCCCN1C)[C@@H](C)CC)C(C[C@@H](OC(C)=O)c1nc(C(=O)N[C@@H](Cc2ccc(N)cc2)CC(C)(C)C(=O)O)cs1)C(C)C. The second-order valence-electron chi connectivity index (χ2n) is 16.8. The number of likely N-dealkylation sites (tertiary alicyclic amines) is 1. The molecule has 3 amide bonds. The smallest absolute Gasteiger partial charge is 0.309 e. The van der Waals surface area contributed by atoms with E-state index in [1.54, 1.807) is 31.4 Å². The highest BCUT2D eigenvalue weighted by Crippen LogP contribution is 2.32. The highest BCUT2D eigenvalue weighted by Gasteiger charge is 2.40. The predicted molar refractivity (Wildman–Crippen MR) is 226 cm³/mol. The van der Waals surface area contributed by atoms with E-state index in [0.717, 1.165) is 62.0 Å². The Labute approximate surface area is 348 Å². The molecular formula is C43H68N6O8S. The van der Waals surface area contributed by atoms with Crippen LogP contribution in [0.4, 0.5) is 5.69 Å². The van der Waals surface area contributed by atoms with Crippen molar-refractivity contribution in [2.24, 2.45) is 17.3 Å². The first-order chi connectivity index (χ1) is 27.4. The molecule has 1 aromatic heterocycles. The number of hydrogen-bond donors (Lipinski definition) is 4. The van der Waals surface area contributed by atoms with Gasteiger partial charge in [0.15, 0.2) is 6.10 Å². The van der Waals surface area contributed by atoms with Crippen LogP contribution in [0.2, 0.25) is 0 Å². The van der Waals surface area contributed by atoms with E-state index in [-0.39, 0.29) is 54.8 Å². The van der Waals surface area contributed by atoms with Crippen LogP contribution in [0.15, 0.2) is 29.6 Å². The highest BCUT2D eigenvalue weighted by atomic mass is 32.1. The monoisotopic (exact) mass is 828 g/mol. The van der Waals surface area contributed by atoms with E-state index in [1.165, 1.54) is 12.0 Å². The first-order valence-corrected chi connectivity index (χ1v) is 21.7. The number of carbonyl (C=O) groups excluding carboxylic acids is 4. The summed E-state index contributed by atoms with van der Waals surface area (Å²) < 4.78 is 5.86. The number of unbranched alkanes of at least 4 members (excludes halogenated alkanes) is 2. The Morgan fingerprint density at radius 3 is 2.34 bits per heavy atom. The van der Waals surface area contributed by atoms with Crippen molar-refractivity contribution >= 4 is 46.7 Å². The number of hydrogen-bond acceptors (Lipinski definition) is 11. The minimum absolute atomic E-state index is 0.0877. The van der Waals surface area contributed by atoms with E-state index < -0.39 is 47.5 Å². The number of esters is 1. The van der Waals surface area contributed by atoms with Gasteiger partial charge in [0.2, 0.25) is 5.91 Å². The molecule has 0 saturated carbocycles. The van der Waals surface area contributed by atoms with Crippen molar-refractivity contribution in [2.45, 2.75) is 150 Å². The largest absolute Gasteiger partial charge is 0.481 e. The number of nitrogens with zero attached hydrogens (tertiary/aromatic N) is 3. The van der Waals surface area contributed by atoms with E-state index in [9.17, 15) is 29.1 Å². The molecule has 0 spiro atoms.